The Kier molecular flexibility index (Phi) is 4.07. The summed E-state index contributed by atoms with van der Waals surface area (Å²) in [7, 11) is -3.48. The van der Waals surface area contributed by atoms with E-state index < -0.39 is 10.0 Å². The summed E-state index contributed by atoms with van der Waals surface area (Å²) >= 11 is 0. The summed E-state index contributed by atoms with van der Waals surface area (Å²) in [5.41, 5.74) is 1.61. The highest BCUT2D eigenvalue weighted by Crippen LogP contribution is 2.38. The molecule has 0 unspecified atom stereocenters. The van der Waals surface area contributed by atoms with Gasteiger partial charge in [0.05, 0.1) is 0 Å². The van der Waals surface area contributed by atoms with Crippen LogP contribution in [0.4, 0.5) is 0 Å². The summed E-state index contributed by atoms with van der Waals surface area (Å²) in [4.78, 5) is 0. The fraction of sp³-hybridized carbons (Fsp3) is 0.786. The lowest BCUT2D eigenvalue weighted by molar-refractivity contribution is 0.386. The van der Waals surface area contributed by atoms with Crippen molar-refractivity contribution in [3.8, 4) is 0 Å². The highest BCUT2D eigenvalue weighted by Gasteiger charge is 2.42. The predicted octanol–water partition coefficient (Wildman–Crippen LogP) is 1.39. The van der Waals surface area contributed by atoms with E-state index in [1.165, 1.54) is 0 Å². The molecule has 0 radical (unpaired) electrons. The number of aromatic amines is 1. The second-order valence-corrected chi connectivity index (χ2v) is 7.97. The molecule has 2 fully saturated rings. The van der Waals surface area contributed by atoms with Crippen molar-refractivity contribution in [3.05, 3.63) is 11.3 Å². The minimum absolute atomic E-state index is 0.194. The Hall–Kier alpha value is -0.920. The molecule has 118 valence electrons. The summed E-state index contributed by atoms with van der Waals surface area (Å²) < 4.78 is 27.7. The van der Waals surface area contributed by atoms with Crippen LogP contribution in [-0.4, -0.2) is 42.1 Å². The molecule has 21 heavy (non-hydrogen) atoms. The van der Waals surface area contributed by atoms with Crippen molar-refractivity contribution in [3.63, 3.8) is 0 Å². The smallest absolute Gasteiger partial charge is 0.262 e. The van der Waals surface area contributed by atoms with Gasteiger partial charge >= 0.3 is 0 Å². The number of rotatable bonds is 8. The number of nitrogens with one attached hydrogen (secondary N) is 2. The molecule has 0 amide bonds. The predicted molar refractivity (Wildman–Crippen MR) is 80.3 cm³/mol. The van der Waals surface area contributed by atoms with Gasteiger partial charge in [-0.05, 0) is 45.1 Å². The van der Waals surface area contributed by atoms with Crippen LogP contribution < -0.4 is 5.32 Å². The molecule has 0 saturated heterocycles. The summed E-state index contributed by atoms with van der Waals surface area (Å²) in [5.74, 6) is 0.553. The van der Waals surface area contributed by atoms with Crippen LogP contribution in [0.15, 0.2) is 5.03 Å². The van der Waals surface area contributed by atoms with Crippen LogP contribution in [0.1, 0.15) is 43.9 Å². The Morgan fingerprint density at radius 1 is 1.33 bits per heavy atom. The maximum absolute atomic E-state index is 13.0. The van der Waals surface area contributed by atoms with Crippen molar-refractivity contribution in [2.24, 2.45) is 5.92 Å². The van der Waals surface area contributed by atoms with Crippen molar-refractivity contribution in [2.75, 3.05) is 13.1 Å². The Labute approximate surface area is 126 Å². The van der Waals surface area contributed by atoms with E-state index in [4.69, 9.17) is 0 Å². The number of aromatic nitrogens is 2. The first-order valence-corrected chi connectivity index (χ1v) is 9.24. The molecule has 2 aliphatic carbocycles. The van der Waals surface area contributed by atoms with Gasteiger partial charge in [-0.15, -0.1) is 0 Å². The van der Waals surface area contributed by atoms with E-state index in [1.54, 1.807) is 4.31 Å². The van der Waals surface area contributed by atoms with Crippen molar-refractivity contribution in [1.82, 2.24) is 19.8 Å². The first-order chi connectivity index (χ1) is 10.0. The molecule has 2 saturated carbocycles. The molecule has 0 aliphatic heterocycles. The van der Waals surface area contributed by atoms with Gasteiger partial charge in [0.25, 0.3) is 10.0 Å². The van der Waals surface area contributed by atoms with Gasteiger partial charge in [0, 0.05) is 30.4 Å². The van der Waals surface area contributed by atoms with E-state index >= 15 is 0 Å². The molecule has 3 rings (SSSR count). The van der Waals surface area contributed by atoms with Gasteiger partial charge in [-0.3, -0.25) is 5.10 Å². The fourth-order valence-corrected chi connectivity index (χ4v) is 4.50. The third kappa shape index (κ3) is 3.14. The number of aryl methyl sites for hydroxylation is 1. The van der Waals surface area contributed by atoms with Gasteiger partial charge in [0.15, 0.2) is 5.03 Å². The van der Waals surface area contributed by atoms with Crippen LogP contribution in [0.25, 0.3) is 0 Å². The van der Waals surface area contributed by atoms with Gasteiger partial charge in [-0.2, -0.15) is 9.40 Å². The van der Waals surface area contributed by atoms with E-state index in [0.29, 0.717) is 19.0 Å². The maximum Gasteiger partial charge on any atom is 0.262 e. The van der Waals surface area contributed by atoms with Crippen molar-refractivity contribution < 1.29 is 8.42 Å². The van der Waals surface area contributed by atoms with Crippen LogP contribution >= 0.6 is 0 Å². The average molecular weight is 312 g/mol. The second kappa shape index (κ2) is 5.70. The first-order valence-electron chi connectivity index (χ1n) is 7.80. The highest BCUT2D eigenvalue weighted by molar-refractivity contribution is 7.89. The van der Waals surface area contributed by atoms with Crippen molar-refractivity contribution in [1.29, 1.82) is 0 Å². The van der Waals surface area contributed by atoms with Crippen molar-refractivity contribution >= 4 is 10.0 Å². The van der Waals surface area contributed by atoms with Crippen LogP contribution in [-0.2, 0) is 16.6 Å². The second-order valence-electron chi connectivity index (χ2n) is 6.16. The molecule has 0 spiro atoms. The minimum Gasteiger partial charge on any atom is -0.313 e. The van der Waals surface area contributed by atoms with Gasteiger partial charge in [0.1, 0.15) is 0 Å². The van der Waals surface area contributed by atoms with Crippen LogP contribution in [0.2, 0.25) is 0 Å². The molecule has 2 N–H and O–H groups in total. The average Bonchev–Trinajstić information content (AvgIpc) is 3.33. The van der Waals surface area contributed by atoms with E-state index in [9.17, 15) is 8.42 Å². The Morgan fingerprint density at radius 2 is 2.05 bits per heavy atom. The number of hydrogen-bond acceptors (Lipinski definition) is 4. The highest BCUT2D eigenvalue weighted by atomic mass is 32.2. The molecule has 7 heteroatoms. The van der Waals surface area contributed by atoms with Crippen LogP contribution in [0, 0.1) is 12.8 Å². The third-order valence-electron chi connectivity index (χ3n) is 4.23. The van der Waals surface area contributed by atoms with Gasteiger partial charge in [-0.25, -0.2) is 8.42 Å². The Bertz CT molecular complexity index is 602. The van der Waals surface area contributed by atoms with E-state index in [0.717, 1.165) is 43.5 Å². The number of hydrogen-bond donors (Lipinski definition) is 2. The lowest BCUT2D eigenvalue weighted by Gasteiger charge is -2.21. The maximum atomic E-state index is 13.0. The zero-order valence-electron chi connectivity index (χ0n) is 12.7. The first kappa shape index (κ1) is 15.0. The lowest BCUT2D eigenvalue weighted by Crippen LogP contribution is -2.36. The molecule has 1 heterocycles. The molecule has 1 aromatic rings. The molecule has 6 nitrogen and oxygen atoms in total. The van der Waals surface area contributed by atoms with E-state index in [1.807, 2.05) is 13.8 Å². The number of sulfonamides is 1. The van der Waals surface area contributed by atoms with Gasteiger partial charge in [-0.1, -0.05) is 6.92 Å². The minimum atomic E-state index is -3.48. The zero-order valence-corrected chi connectivity index (χ0v) is 13.5. The fourth-order valence-electron chi connectivity index (χ4n) is 2.57. The SMILES string of the molecule is CCNCc1c(S(=O)(=O)N(CC2CC2)C2CC2)n[nH]c1C. The largest absolute Gasteiger partial charge is 0.313 e. The normalized spacial score (nSPS) is 19.4. The summed E-state index contributed by atoms with van der Waals surface area (Å²) in [6.45, 7) is 5.89. The summed E-state index contributed by atoms with van der Waals surface area (Å²) in [5, 5.41) is 10.4. The van der Waals surface area contributed by atoms with Gasteiger partial charge < -0.3 is 5.32 Å². The molecular weight excluding hydrogens is 288 g/mol. The van der Waals surface area contributed by atoms with Crippen LogP contribution in [0.3, 0.4) is 0 Å². The Balaban J connectivity index is 1.88. The number of H-pyrrole nitrogens is 1. The molecule has 1 aromatic heterocycles. The topological polar surface area (TPSA) is 78.1 Å². The van der Waals surface area contributed by atoms with Crippen molar-refractivity contribution in [2.45, 2.75) is 57.1 Å². The van der Waals surface area contributed by atoms with E-state index in [2.05, 4.69) is 15.5 Å². The monoisotopic (exact) mass is 312 g/mol. The van der Waals surface area contributed by atoms with Gasteiger partial charge in [0.2, 0.25) is 0 Å². The zero-order chi connectivity index (χ0) is 15.0. The molecular formula is C14H24N4O2S. The molecule has 2 aliphatic rings. The quantitative estimate of drug-likeness (QED) is 0.760. The standard InChI is InChI=1S/C14H24N4O2S/c1-3-15-8-13-10(2)16-17-14(13)21(19,20)18(12-6-7-12)9-11-4-5-11/h11-12,15H,3-9H2,1-2H3,(H,16,17). The Morgan fingerprint density at radius 3 is 2.62 bits per heavy atom. The number of nitrogens with zero attached hydrogens (tertiary/aromatic N) is 2. The van der Waals surface area contributed by atoms with Crippen LogP contribution in [0.5, 0.6) is 0 Å². The molecule has 0 bridgehead atoms. The van der Waals surface area contributed by atoms with E-state index in [-0.39, 0.29) is 11.1 Å². The lowest BCUT2D eigenvalue weighted by atomic mass is 10.2. The molecule has 0 atom stereocenters. The molecule has 0 aromatic carbocycles. The summed E-state index contributed by atoms with van der Waals surface area (Å²) in [6, 6.07) is 0.194. The third-order valence-corrected chi connectivity index (χ3v) is 6.12. The summed E-state index contributed by atoms with van der Waals surface area (Å²) in [6.07, 6.45) is 4.28.